The highest BCUT2D eigenvalue weighted by atomic mass is 16.6. The number of carbonyl (C=O) groups excluding carboxylic acids is 4. The molecule has 120 valence electrons. The first-order valence-electron chi connectivity index (χ1n) is 7.15. The highest BCUT2D eigenvalue weighted by molar-refractivity contribution is 6.08. The second-order valence-electron chi connectivity index (χ2n) is 6.21. The Morgan fingerprint density at radius 3 is 2.68 bits per heavy atom. The van der Waals surface area contributed by atoms with Crippen molar-refractivity contribution >= 4 is 23.9 Å². The van der Waals surface area contributed by atoms with E-state index in [1.54, 1.807) is 23.6 Å². The minimum atomic E-state index is -0.984. The number of piperazine rings is 1. The average Bonchev–Trinajstić information content (AvgIpc) is 2.91. The van der Waals surface area contributed by atoms with E-state index in [0.29, 0.717) is 19.6 Å². The summed E-state index contributed by atoms with van der Waals surface area (Å²) >= 11 is 0. The summed E-state index contributed by atoms with van der Waals surface area (Å²) in [5.41, 5.74) is -0.984. The smallest absolute Gasteiger partial charge is 0.410 e. The van der Waals surface area contributed by atoms with Crippen LogP contribution in [0.3, 0.4) is 0 Å². The van der Waals surface area contributed by atoms with Crippen LogP contribution in [0, 0.1) is 0 Å². The predicted octanol–water partition coefficient (Wildman–Crippen LogP) is -1.02. The van der Waals surface area contributed by atoms with E-state index in [1.165, 1.54) is 0 Å². The van der Waals surface area contributed by atoms with Crippen LogP contribution in [0.5, 0.6) is 0 Å². The summed E-state index contributed by atoms with van der Waals surface area (Å²) in [5, 5.41) is 2.54. The fourth-order valence-electron chi connectivity index (χ4n) is 2.91. The number of ether oxygens (including phenoxy) is 1. The molecule has 9 heteroatoms. The molecule has 3 heterocycles. The summed E-state index contributed by atoms with van der Waals surface area (Å²) < 4.78 is 4.94. The maximum atomic E-state index is 12.3. The molecule has 3 fully saturated rings. The number of urea groups is 1. The Kier molecular flexibility index (Phi) is 3.22. The van der Waals surface area contributed by atoms with Crippen LogP contribution in [0.25, 0.3) is 0 Å². The van der Waals surface area contributed by atoms with E-state index in [4.69, 9.17) is 4.74 Å². The molecule has 0 bridgehead atoms. The van der Waals surface area contributed by atoms with Crippen molar-refractivity contribution in [3.63, 3.8) is 0 Å². The molecule has 1 atom stereocenters. The summed E-state index contributed by atoms with van der Waals surface area (Å²) in [7, 11) is 0. The van der Waals surface area contributed by atoms with E-state index < -0.39 is 17.5 Å². The average molecular weight is 310 g/mol. The highest BCUT2D eigenvalue weighted by Gasteiger charge is 2.46. The molecule has 0 aliphatic carbocycles. The number of amides is 5. The monoisotopic (exact) mass is 310 g/mol. The second-order valence-corrected chi connectivity index (χ2v) is 6.21. The Bertz CT molecular complexity index is 561. The molecule has 0 radical (unpaired) electrons. The van der Waals surface area contributed by atoms with Crippen molar-refractivity contribution < 1.29 is 23.9 Å². The van der Waals surface area contributed by atoms with Gasteiger partial charge in [0.05, 0.1) is 6.04 Å². The first-order valence-corrected chi connectivity index (χ1v) is 7.15. The van der Waals surface area contributed by atoms with Gasteiger partial charge in [-0.3, -0.25) is 19.4 Å². The molecule has 5 amide bonds. The molecule has 3 aliphatic rings. The van der Waals surface area contributed by atoms with Crippen LogP contribution >= 0.6 is 0 Å². The third kappa shape index (κ3) is 2.26. The topological polar surface area (TPSA) is 99.3 Å². The molecule has 1 N–H and O–H groups in total. The van der Waals surface area contributed by atoms with E-state index in [0.717, 1.165) is 4.90 Å². The van der Waals surface area contributed by atoms with Gasteiger partial charge in [-0.1, -0.05) is 0 Å². The van der Waals surface area contributed by atoms with Gasteiger partial charge in [0.25, 0.3) is 5.91 Å². The lowest BCUT2D eigenvalue weighted by Gasteiger charge is -2.35. The van der Waals surface area contributed by atoms with Crippen molar-refractivity contribution in [1.82, 2.24) is 20.0 Å². The van der Waals surface area contributed by atoms with Gasteiger partial charge in [-0.2, -0.15) is 0 Å². The number of nitrogens with one attached hydrogen (secondary N) is 1. The van der Waals surface area contributed by atoms with E-state index in [2.05, 4.69) is 5.32 Å². The molecule has 3 saturated heterocycles. The number of hydrogen-bond acceptors (Lipinski definition) is 5. The number of fused-ring (bicyclic) bond motifs is 1. The van der Waals surface area contributed by atoms with Gasteiger partial charge in [0.1, 0.15) is 18.7 Å². The largest absolute Gasteiger partial charge is 0.447 e. The van der Waals surface area contributed by atoms with Crippen LogP contribution in [0.15, 0.2) is 0 Å². The minimum absolute atomic E-state index is 0.148. The van der Waals surface area contributed by atoms with Gasteiger partial charge in [-0.25, -0.2) is 9.59 Å². The first kappa shape index (κ1) is 14.6. The Morgan fingerprint density at radius 1 is 1.32 bits per heavy atom. The summed E-state index contributed by atoms with van der Waals surface area (Å²) in [6, 6.07) is -0.703. The van der Waals surface area contributed by atoms with Crippen molar-refractivity contribution in [3.05, 3.63) is 0 Å². The second kappa shape index (κ2) is 4.85. The van der Waals surface area contributed by atoms with Crippen LogP contribution in [0.2, 0.25) is 0 Å². The zero-order valence-electron chi connectivity index (χ0n) is 12.5. The quantitative estimate of drug-likeness (QED) is 0.658. The third-order valence-corrected chi connectivity index (χ3v) is 4.21. The van der Waals surface area contributed by atoms with Gasteiger partial charge < -0.3 is 15.0 Å². The zero-order chi connectivity index (χ0) is 16.1. The van der Waals surface area contributed by atoms with Gasteiger partial charge in [-0.15, -0.1) is 0 Å². The zero-order valence-corrected chi connectivity index (χ0v) is 12.5. The van der Waals surface area contributed by atoms with Gasteiger partial charge in [-0.05, 0) is 13.8 Å². The highest BCUT2D eigenvalue weighted by Crippen LogP contribution is 2.20. The van der Waals surface area contributed by atoms with Gasteiger partial charge in [0.15, 0.2) is 0 Å². The van der Waals surface area contributed by atoms with Crippen LogP contribution in [-0.2, 0) is 14.3 Å². The van der Waals surface area contributed by atoms with Crippen LogP contribution < -0.4 is 5.32 Å². The standard InChI is InChI=1S/C13H18N4O5/c1-13(2)10(19)17(11(20)14-13)6-9(18)15-3-4-16-8(5-15)7-22-12(16)21/h8H,3-7H2,1-2H3,(H,14,20). The molecular formula is C13H18N4O5. The fourth-order valence-corrected chi connectivity index (χ4v) is 2.91. The van der Waals surface area contributed by atoms with E-state index in [-0.39, 0.29) is 31.2 Å². The van der Waals surface area contributed by atoms with E-state index in [9.17, 15) is 19.2 Å². The Hall–Kier alpha value is -2.32. The van der Waals surface area contributed by atoms with Gasteiger partial charge >= 0.3 is 12.1 Å². The Labute approximate surface area is 127 Å². The predicted molar refractivity (Wildman–Crippen MR) is 72.7 cm³/mol. The molecule has 9 nitrogen and oxygen atoms in total. The van der Waals surface area contributed by atoms with Crippen molar-refractivity contribution in [2.24, 2.45) is 0 Å². The number of hydrogen-bond donors (Lipinski definition) is 1. The molecule has 0 aromatic heterocycles. The van der Waals surface area contributed by atoms with Crippen molar-refractivity contribution in [3.8, 4) is 0 Å². The van der Waals surface area contributed by atoms with E-state index in [1.807, 2.05) is 0 Å². The molecule has 0 aromatic carbocycles. The lowest BCUT2D eigenvalue weighted by atomic mass is 10.1. The SMILES string of the molecule is CC1(C)NC(=O)N(CC(=O)N2CCN3C(=O)OCC3C2)C1=O. The maximum absolute atomic E-state index is 12.3. The van der Waals surface area contributed by atoms with E-state index >= 15 is 0 Å². The number of cyclic esters (lactones) is 1. The third-order valence-electron chi connectivity index (χ3n) is 4.21. The van der Waals surface area contributed by atoms with Crippen LogP contribution in [0.4, 0.5) is 9.59 Å². The van der Waals surface area contributed by atoms with Crippen LogP contribution in [-0.4, -0.2) is 83.0 Å². The number of imide groups is 1. The summed E-state index contributed by atoms with van der Waals surface area (Å²) in [6.07, 6.45) is -0.354. The fraction of sp³-hybridized carbons (Fsp3) is 0.692. The molecule has 3 rings (SSSR count). The Morgan fingerprint density at radius 2 is 2.05 bits per heavy atom. The van der Waals surface area contributed by atoms with Gasteiger partial charge in [0, 0.05) is 19.6 Å². The summed E-state index contributed by atoms with van der Waals surface area (Å²) in [5.74, 6) is -0.718. The molecule has 0 spiro atoms. The summed E-state index contributed by atoms with van der Waals surface area (Å²) in [4.78, 5) is 51.7. The lowest BCUT2D eigenvalue weighted by molar-refractivity contribution is -0.139. The van der Waals surface area contributed by atoms with Crippen molar-refractivity contribution in [2.75, 3.05) is 32.8 Å². The first-order chi connectivity index (χ1) is 10.3. The number of carbonyl (C=O) groups is 4. The maximum Gasteiger partial charge on any atom is 0.410 e. The molecule has 22 heavy (non-hydrogen) atoms. The van der Waals surface area contributed by atoms with Gasteiger partial charge in [0.2, 0.25) is 5.91 Å². The number of nitrogens with zero attached hydrogens (tertiary/aromatic N) is 3. The molecule has 0 saturated carbocycles. The van der Waals surface area contributed by atoms with Crippen molar-refractivity contribution in [1.29, 1.82) is 0 Å². The minimum Gasteiger partial charge on any atom is -0.447 e. The lowest BCUT2D eigenvalue weighted by Crippen LogP contribution is -2.55. The number of rotatable bonds is 2. The summed E-state index contributed by atoms with van der Waals surface area (Å²) in [6.45, 7) is 4.31. The van der Waals surface area contributed by atoms with Crippen molar-refractivity contribution in [2.45, 2.75) is 25.4 Å². The molecule has 0 aromatic rings. The van der Waals surface area contributed by atoms with Crippen LogP contribution in [0.1, 0.15) is 13.8 Å². The molecular weight excluding hydrogens is 292 g/mol. The normalized spacial score (nSPS) is 26.9. The molecule has 1 unspecified atom stereocenters. The Balaban J connectivity index is 1.62. The molecule has 3 aliphatic heterocycles.